The number of Topliss-reactive ketones (excluding diaryl/α,β-unsaturated/α-hetero) is 1. The number of ketones is 1. The topological polar surface area (TPSA) is 82.1 Å². The Morgan fingerprint density at radius 2 is 0.966 bits per heavy atom. The Morgan fingerprint density at radius 3 is 1.33 bits per heavy atom. The van der Waals surface area contributed by atoms with E-state index < -0.39 is 0 Å². The van der Waals surface area contributed by atoms with Crippen molar-refractivity contribution in [2.45, 2.75) is 50.6 Å². The van der Waals surface area contributed by atoms with Crippen molar-refractivity contribution in [2.75, 3.05) is 39.3 Å². The minimum atomic E-state index is 0. The average molecular weight is 854 g/mol. The first-order valence-corrected chi connectivity index (χ1v) is 21.6. The van der Waals surface area contributed by atoms with Gasteiger partial charge >= 0.3 is 0 Å². The molecule has 4 aliphatic heterocycles. The van der Waals surface area contributed by atoms with E-state index in [0.717, 1.165) is 85.3 Å². The Kier molecular flexibility index (Phi) is 15.6. The molecule has 2 aromatic carbocycles. The average Bonchev–Trinajstić information content (AvgIpc) is 3.96. The minimum absolute atomic E-state index is 0. The van der Waals surface area contributed by atoms with Crippen molar-refractivity contribution < 1.29 is 4.79 Å². The molecule has 304 valence electrons. The Hall–Kier alpha value is -4.03. The van der Waals surface area contributed by atoms with Gasteiger partial charge in [-0.3, -0.25) is 4.79 Å². The molecule has 0 amide bonds. The van der Waals surface area contributed by atoms with Crippen molar-refractivity contribution in [3.05, 3.63) is 175 Å². The van der Waals surface area contributed by atoms with E-state index in [1.165, 1.54) is 19.5 Å². The second-order valence-electron chi connectivity index (χ2n) is 15.1. The molecule has 0 unspecified atom stereocenters. The molecular formula is C47H54Cl2N6OS2. The fourth-order valence-corrected chi connectivity index (χ4v) is 10.3. The second kappa shape index (κ2) is 20.8. The lowest BCUT2D eigenvalue weighted by Gasteiger charge is -2.42. The number of thiophene rings is 2. The number of allylic oxidation sites excluding steroid dienone is 6. The first-order chi connectivity index (χ1) is 27.5. The molecule has 4 aliphatic rings. The monoisotopic (exact) mass is 852 g/mol. The first kappa shape index (κ1) is 43.5. The van der Waals surface area contributed by atoms with Gasteiger partial charge in [-0.15, -0.1) is 47.5 Å². The number of nitrogens with zero attached hydrogens (tertiary/aromatic N) is 4. The largest absolute Gasteiger partial charge is 0.326 e. The lowest BCUT2D eigenvalue weighted by atomic mass is 9.94. The van der Waals surface area contributed by atoms with Gasteiger partial charge in [0.2, 0.25) is 0 Å². The van der Waals surface area contributed by atoms with Gasteiger partial charge in [0.25, 0.3) is 0 Å². The summed E-state index contributed by atoms with van der Waals surface area (Å²) in [6.07, 6.45) is 21.5. The van der Waals surface area contributed by atoms with Gasteiger partial charge in [-0.2, -0.15) is 0 Å². The third kappa shape index (κ3) is 10.8. The molecular weight excluding hydrogens is 800 g/mol. The van der Waals surface area contributed by atoms with Crippen LogP contribution in [0.3, 0.4) is 0 Å². The molecule has 58 heavy (non-hydrogen) atoms. The fraction of sp³-hybridized carbons (Fsp3) is 0.298. The molecule has 0 bridgehead atoms. The summed E-state index contributed by atoms with van der Waals surface area (Å²) < 4.78 is 0. The number of hydrogen-bond donors (Lipinski definition) is 2. The number of hydrogen-bond acceptors (Lipinski definition) is 9. The van der Waals surface area contributed by atoms with Gasteiger partial charge in [0.1, 0.15) is 0 Å². The third-order valence-corrected chi connectivity index (χ3v) is 13.8. The number of rotatable bonds is 12. The molecule has 0 radical (unpaired) electrons. The van der Waals surface area contributed by atoms with Crippen LogP contribution in [-0.4, -0.2) is 65.1 Å². The summed E-state index contributed by atoms with van der Waals surface area (Å²) in [6.45, 7) is 6.07. The lowest BCUT2D eigenvalue weighted by Crippen LogP contribution is -2.47. The highest BCUT2D eigenvalue weighted by molar-refractivity contribution is 7.12. The molecule has 0 atom stereocenters. The number of benzene rings is 2. The number of carbonyl (C=O) groups excluding carboxylic acids is 1. The summed E-state index contributed by atoms with van der Waals surface area (Å²) in [7, 11) is 0. The number of piperidine rings is 2. The number of nitrogens with two attached hydrogens (primary N) is 2. The van der Waals surface area contributed by atoms with Gasteiger partial charge in [0, 0.05) is 82.3 Å². The lowest BCUT2D eigenvalue weighted by molar-refractivity contribution is -0.113. The van der Waals surface area contributed by atoms with Gasteiger partial charge in [-0.25, -0.2) is 10.0 Å². The zero-order valence-electron chi connectivity index (χ0n) is 32.8. The Labute approximate surface area is 364 Å². The molecule has 2 aromatic heterocycles. The van der Waals surface area contributed by atoms with Crippen LogP contribution < -0.4 is 11.5 Å². The van der Waals surface area contributed by atoms with E-state index in [2.05, 4.69) is 142 Å². The van der Waals surface area contributed by atoms with Crippen LogP contribution in [0.1, 0.15) is 68.2 Å². The van der Waals surface area contributed by atoms with Crippen LogP contribution in [0.15, 0.2) is 144 Å². The smallest absolute Gasteiger partial charge is 0.188 e. The maximum atomic E-state index is 14.8. The first-order valence-electron chi connectivity index (χ1n) is 20.0. The quantitative estimate of drug-likeness (QED) is 0.147. The van der Waals surface area contributed by atoms with E-state index in [0.29, 0.717) is 38.0 Å². The van der Waals surface area contributed by atoms with E-state index in [1.807, 2.05) is 34.8 Å². The Bertz CT molecular complexity index is 2000. The molecule has 0 spiro atoms. The Balaban J connectivity index is 0.00000283. The van der Waals surface area contributed by atoms with Gasteiger partial charge in [-0.1, -0.05) is 85.0 Å². The van der Waals surface area contributed by atoms with Gasteiger partial charge in [-0.05, 0) is 96.2 Å². The predicted molar refractivity (Wildman–Crippen MR) is 248 cm³/mol. The van der Waals surface area contributed by atoms with Gasteiger partial charge < -0.3 is 21.5 Å². The van der Waals surface area contributed by atoms with Crippen LogP contribution in [0.2, 0.25) is 0 Å². The van der Waals surface area contributed by atoms with Crippen LogP contribution in [-0.2, 0) is 17.9 Å². The maximum Gasteiger partial charge on any atom is 0.188 e. The van der Waals surface area contributed by atoms with E-state index in [1.54, 1.807) is 0 Å². The van der Waals surface area contributed by atoms with Crippen LogP contribution in [0.25, 0.3) is 12.2 Å². The van der Waals surface area contributed by atoms with Crippen molar-refractivity contribution in [1.29, 1.82) is 0 Å². The molecule has 7 nitrogen and oxygen atoms in total. The summed E-state index contributed by atoms with van der Waals surface area (Å²) in [4.78, 5) is 20.2. The summed E-state index contributed by atoms with van der Waals surface area (Å²) >= 11 is 3.71. The SMILES string of the molecule is Cl.Cl.NCc1ccc(C2CCN(N3C=C(C=Cc4ccccc4)C=C(C(=O)C4=CC(C=Cc5ccccc5)=CN(N5CCC(c6ccc(CN)s6)CC5)C4)C3)CC2)s1. The van der Waals surface area contributed by atoms with Crippen molar-refractivity contribution >= 4 is 65.4 Å². The molecule has 8 rings (SSSR count). The van der Waals surface area contributed by atoms with Crippen LogP contribution in [0.4, 0.5) is 0 Å². The highest BCUT2D eigenvalue weighted by atomic mass is 35.5. The minimum Gasteiger partial charge on any atom is -0.326 e. The molecule has 2 saturated heterocycles. The molecule has 2 fully saturated rings. The number of carbonyl (C=O) groups is 1. The molecule has 11 heteroatoms. The van der Waals surface area contributed by atoms with Crippen molar-refractivity contribution in [3.63, 3.8) is 0 Å². The van der Waals surface area contributed by atoms with Crippen molar-refractivity contribution in [2.24, 2.45) is 11.5 Å². The molecule has 6 heterocycles. The number of hydrazine groups is 2. The predicted octanol–water partition coefficient (Wildman–Crippen LogP) is 9.71. The van der Waals surface area contributed by atoms with E-state index >= 15 is 0 Å². The van der Waals surface area contributed by atoms with E-state index in [9.17, 15) is 4.79 Å². The van der Waals surface area contributed by atoms with Crippen molar-refractivity contribution in [1.82, 2.24) is 20.0 Å². The summed E-state index contributed by atoms with van der Waals surface area (Å²) in [5, 5.41) is 9.47. The summed E-state index contributed by atoms with van der Waals surface area (Å²) in [6, 6.07) is 29.6. The number of halogens is 2. The molecule has 4 N–H and O–H groups in total. The van der Waals surface area contributed by atoms with Crippen molar-refractivity contribution in [3.8, 4) is 0 Å². The maximum absolute atomic E-state index is 14.8. The highest BCUT2D eigenvalue weighted by Crippen LogP contribution is 2.36. The standard InChI is InChI=1S/C47H52N6OS2.2ClH/c48-29-43-15-17-45(55-43)39-19-23-50(24-20-39)52-31-37(13-11-35-7-3-1-4-8-35)27-41(33-52)47(54)42-28-38(14-12-36-9-5-2-6-10-36)32-53(34-42)51-25-21-40(22-26-51)46-18-16-44(30-49)56-46;;/h1-18,27-28,31-32,39-40H,19-26,29-30,33-34,48-49H2;2*1H. The van der Waals surface area contributed by atoms with Gasteiger partial charge in [0.05, 0.1) is 13.1 Å². The molecule has 0 aliphatic carbocycles. The summed E-state index contributed by atoms with van der Waals surface area (Å²) in [5.74, 6) is 1.21. The normalized spacial score (nSPS) is 18.7. The van der Waals surface area contributed by atoms with Crippen LogP contribution >= 0.6 is 47.5 Å². The zero-order valence-corrected chi connectivity index (χ0v) is 36.1. The summed E-state index contributed by atoms with van der Waals surface area (Å²) in [5.41, 5.74) is 17.8. The van der Waals surface area contributed by atoms with Crippen LogP contribution in [0.5, 0.6) is 0 Å². The molecule has 4 aromatic rings. The van der Waals surface area contributed by atoms with E-state index in [-0.39, 0.29) is 30.6 Å². The third-order valence-electron chi connectivity index (χ3n) is 11.3. The highest BCUT2D eigenvalue weighted by Gasteiger charge is 2.31. The van der Waals surface area contributed by atoms with E-state index in [4.69, 9.17) is 11.5 Å². The zero-order chi connectivity index (χ0) is 38.3. The second-order valence-corrected chi connectivity index (χ2v) is 17.5. The molecule has 0 saturated carbocycles. The van der Waals surface area contributed by atoms with Gasteiger partial charge in [0.15, 0.2) is 5.78 Å². The van der Waals surface area contributed by atoms with Crippen LogP contribution in [0, 0.1) is 0 Å². The fourth-order valence-electron chi connectivity index (χ4n) is 8.15. The Morgan fingerprint density at radius 1 is 0.569 bits per heavy atom.